The van der Waals surface area contributed by atoms with Gasteiger partial charge in [0.1, 0.15) is 6.54 Å². The molecule has 0 aliphatic heterocycles. The van der Waals surface area contributed by atoms with Gasteiger partial charge >= 0.3 is 0 Å². The SMILES string of the molecule is O=C(Cn1ncc2ccccc21)c1cc(Cl)ccc1Cl. The predicted octanol–water partition coefficient (Wildman–Crippen LogP) is 4.23. The number of carbonyl (C=O) groups excluding carboxylic acids is 1. The van der Waals surface area contributed by atoms with Crippen molar-refractivity contribution in [2.45, 2.75) is 6.54 Å². The molecule has 100 valence electrons. The molecule has 3 aromatic rings. The number of hydrogen-bond acceptors (Lipinski definition) is 2. The Balaban J connectivity index is 1.94. The van der Waals surface area contributed by atoms with Crippen LogP contribution in [0.3, 0.4) is 0 Å². The molecule has 0 radical (unpaired) electrons. The van der Waals surface area contributed by atoms with Gasteiger partial charge in [-0.3, -0.25) is 9.48 Å². The molecule has 1 heterocycles. The summed E-state index contributed by atoms with van der Waals surface area (Å²) in [5.74, 6) is -0.119. The smallest absolute Gasteiger partial charge is 0.185 e. The van der Waals surface area contributed by atoms with Gasteiger partial charge in [-0.25, -0.2) is 0 Å². The number of rotatable bonds is 3. The molecule has 3 nitrogen and oxygen atoms in total. The molecule has 0 aliphatic carbocycles. The molecule has 20 heavy (non-hydrogen) atoms. The van der Waals surface area contributed by atoms with Crippen LogP contribution in [0.15, 0.2) is 48.7 Å². The molecular weight excluding hydrogens is 295 g/mol. The molecule has 0 saturated carbocycles. The molecule has 1 aromatic heterocycles. The Labute approximate surface area is 125 Å². The van der Waals surface area contributed by atoms with Gasteiger partial charge in [0, 0.05) is 16.0 Å². The topological polar surface area (TPSA) is 34.9 Å². The minimum absolute atomic E-state index is 0.119. The van der Waals surface area contributed by atoms with E-state index in [4.69, 9.17) is 23.2 Å². The van der Waals surface area contributed by atoms with E-state index in [9.17, 15) is 4.79 Å². The number of Topliss-reactive ketones (excluding diaryl/α,β-unsaturated/α-hetero) is 1. The number of aromatic nitrogens is 2. The summed E-state index contributed by atoms with van der Waals surface area (Å²) in [6.45, 7) is 0.133. The lowest BCUT2D eigenvalue weighted by atomic mass is 10.1. The number of benzene rings is 2. The quantitative estimate of drug-likeness (QED) is 0.679. The molecule has 3 rings (SSSR count). The average Bonchev–Trinajstić information content (AvgIpc) is 2.85. The minimum atomic E-state index is -0.119. The third-order valence-electron chi connectivity index (χ3n) is 3.07. The second-order valence-corrected chi connectivity index (χ2v) is 5.25. The van der Waals surface area contributed by atoms with Crippen molar-refractivity contribution in [1.82, 2.24) is 9.78 Å². The summed E-state index contributed by atoms with van der Waals surface area (Å²) in [4.78, 5) is 12.3. The van der Waals surface area contributed by atoms with Crippen molar-refractivity contribution in [2.75, 3.05) is 0 Å². The van der Waals surface area contributed by atoms with Crippen LogP contribution in [-0.4, -0.2) is 15.6 Å². The maximum Gasteiger partial charge on any atom is 0.185 e. The average molecular weight is 305 g/mol. The summed E-state index contributed by atoms with van der Waals surface area (Å²) in [6, 6.07) is 12.6. The molecule has 0 aliphatic rings. The highest BCUT2D eigenvalue weighted by atomic mass is 35.5. The van der Waals surface area contributed by atoms with E-state index in [1.165, 1.54) is 0 Å². The Hall–Kier alpha value is -1.84. The third-order valence-corrected chi connectivity index (χ3v) is 3.64. The van der Waals surface area contributed by atoms with E-state index >= 15 is 0 Å². The van der Waals surface area contributed by atoms with Crippen molar-refractivity contribution in [2.24, 2.45) is 0 Å². The summed E-state index contributed by atoms with van der Waals surface area (Å²) < 4.78 is 1.66. The lowest BCUT2D eigenvalue weighted by Crippen LogP contribution is -2.12. The molecule has 0 bridgehead atoms. The Morgan fingerprint density at radius 3 is 2.80 bits per heavy atom. The number of para-hydroxylation sites is 1. The largest absolute Gasteiger partial charge is 0.292 e. The van der Waals surface area contributed by atoms with E-state index in [0.717, 1.165) is 10.9 Å². The Morgan fingerprint density at radius 2 is 1.95 bits per heavy atom. The first kappa shape index (κ1) is 13.2. The minimum Gasteiger partial charge on any atom is -0.292 e. The first-order chi connectivity index (χ1) is 9.65. The van der Waals surface area contributed by atoms with Crippen LogP contribution in [0.25, 0.3) is 10.9 Å². The number of fused-ring (bicyclic) bond motifs is 1. The lowest BCUT2D eigenvalue weighted by molar-refractivity contribution is 0.0969. The molecule has 0 unspecified atom stereocenters. The molecule has 0 N–H and O–H groups in total. The zero-order valence-electron chi connectivity index (χ0n) is 10.4. The molecule has 5 heteroatoms. The van der Waals surface area contributed by atoms with Crippen LogP contribution in [0.1, 0.15) is 10.4 Å². The monoisotopic (exact) mass is 304 g/mol. The summed E-state index contributed by atoms with van der Waals surface area (Å²) in [6.07, 6.45) is 1.74. The van der Waals surface area contributed by atoms with Crippen LogP contribution in [-0.2, 0) is 6.54 Å². The molecule has 0 saturated heterocycles. The van der Waals surface area contributed by atoms with Gasteiger partial charge in [0.25, 0.3) is 0 Å². The summed E-state index contributed by atoms with van der Waals surface area (Å²) in [5.41, 5.74) is 1.33. The summed E-state index contributed by atoms with van der Waals surface area (Å²) >= 11 is 11.9. The Bertz CT molecular complexity index is 795. The highest BCUT2D eigenvalue weighted by molar-refractivity contribution is 6.35. The highest BCUT2D eigenvalue weighted by Crippen LogP contribution is 2.22. The number of ketones is 1. The number of nitrogens with zero attached hydrogens (tertiary/aromatic N) is 2. The van der Waals surface area contributed by atoms with Crippen molar-refractivity contribution in [3.05, 3.63) is 64.3 Å². The maximum atomic E-state index is 12.3. The van der Waals surface area contributed by atoms with E-state index in [1.807, 2.05) is 24.3 Å². The van der Waals surface area contributed by atoms with Crippen molar-refractivity contribution in [1.29, 1.82) is 0 Å². The zero-order chi connectivity index (χ0) is 14.1. The molecule has 0 amide bonds. The van der Waals surface area contributed by atoms with Gasteiger partial charge in [0.2, 0.25) is 0 Å². The normalized spacial score (nSPS) is 10.9. The van der Waals surface area contributed by atoms with Gasteiger partial charge in [-0.05, 0) is 24.3 Å². The van der Waals surface area contributed by atoms with Crippen molar-refractivity contribution >= 4 is 39.9 Å². The van der Waals surface area contributed by atoms with E-state index in [1.54, 1.807) is 29.1 Å². The van der Waals surface area contributed by atoms with Gasteiger partial charge in [0.15, 0.2) is 5.78 Å². The number of carbonyl (C=O) groups is 1. The van der Waals surface area contributed by atoms with Gasteiger partial charge in [0.05, 0.1) is 16.7 Å². The zero-order valence-corrected chi connectivity index (χ0v) is 11.9. The second kappa shape index (κ2) is 5.27. The number of halogens is 2. The first-order valence-corrected chi connectivity index (χ1v) is 6.79. The number of hydrogen-bond donors (Lipinski definition) is 0. The molecule has 0 spiro atoms. The highest BCUT2D eigenvalue weighted by Gasteiger charge is 2.13. The maximum absolute atomic E-state index is 12.3. The molecular formula is C15H10Cl2N2O. The third kappa shape index (κ3) is 2.42. The molecule has 0 atom stereocenters. The van der Waals surface area contributed by atoms with E-state index in [-0.39, 0.29) is 12.3 Å². The van der Waals surface area contributed by atoms with E-state index in [0.29, 0.717) is 15.6 Å². The van der Waals surface area contributed by atoms with Gasteiger partial charge < -0.3 is 0 Å². The van der Waals surface area contributed by atoms with Gasteiger partial charge in [-0.2, -0.15) is 5.10 Å². The van der Waals surface area contributed by atoms with E-state index in [2.05, 4.69) is 5.10 Å². The van der Waals surface area contributed by atoms with Crippen LogP contribution >= 0.6 is 23.2 Å². The van der Waals surface area contributed by atoms with Crippen LogP contribution in [0.5, 0.6) is 0 Å². The van der Waals surface area contributed by atoms with E-state index < -0.39 is 0 Å². The van der Waals surface area contributed by atoms with Gasteiger partial charge in [-0.1, -0.05) is 41.4 Å². The predicted molar refractivity (Wildman–Crippen MR) is 80.5 cm³/mol. The second-order valence-electron chi connectivity index (χ2n) is 4.41. The lowest BCUT2D eigenvalue weighted by Gasteiger charge is -2.05. The Kier molecular flexibility index (Phi) is 3.47. The fraction of sp³-hybridized carbons (Fsp3) is 0.0667. The fourth-order valence-electron chi connectivity index (χ4n) is 2.08. The van der Waals surface area contributed by atoms with Crippen molar-refractivity contribution < 1.29 is 4.79 Å². The molecule has 0 fully saturated rings. The standard InChI is InChI=1S/C15H10Cl2N2O/c16-11-5-6-13(17)12(7-11)15(20)9-19-14-4-2-1-3-10(14)8-18-19/h1-8H,9H2. The van der Waals surface area contributed by atoms with Crippen LogP contribution in [0.2, 0.25) is 10.0 Å². The first-order valence-electron chi connectivity index (χ1n) is 6.04. The molecule has 2 aromatic carbocycles. The van der Waals surface area contributed by atoms with Gasteiger partial charge in [-0.15, -0.1) is 0 Å². The Morgan fingerprint density at radius 1 is 1.15 bits per heavy atom. The summed E-state index contributed by atoms with van der Waals surface area (Å²) in [7, 11) is 0. The summed E-state index contributed by atoms with van der Waals surface area (Å²) in [5, 5.41) is 6.12. The van der Waals surface area contributed by atoms with Crippen LogP contribution in [0.4, 0.5) is 0 Å². The van der Waals surface area contributed by atoms with Crippen molar-refractivity contribution in [3.8, 4) is 0 Å². The van der Waals surface area contributed by atoms with Crippen molar-refractivity contribution in [3.63, 3.8) is 0 Å². The van der Waals surface area contributed by atoms with Crippen LogP contribution < -0.4 is 0 Å². The fourth-order valence-corrected chi connectivity index (χ4v) is 2.48. The van der Waals surface area contributed by atoms with Crippen LogP contribution in [0, 0.1) is 0 Å².